The molecule has 5 heteroatoms. The lowest BCUT2D eigenvalue weighted by molar-refractivity contribution is -0.0616. The molecule has 1 fully saturated rings. The van der Waals surface area contributed by atoms with E-state index in [1.807, 2.05) is 24.3 Å². The summed E-state index contributed by atoms with van der Waals surface area (Å²) in [6.45, 7) is 3.20. The van der Waals surface area contributed by atoms with E-state index in [2.05, 4.69) is 21.2 Å². The molecule has 0 saturated carbocycles. The first-order chi connectivity index (χ1) is 9.18. The fraction of sp³-hybridized carbons (Fsp3) is 0.571. The van der Waals surface area contributed by atoms with E-state index >= 15 is 0 Å². The Balaban J connectivity index is 1.60. The number of nitrogens with one attached hydrogen (secondary N) is 1. The second kappa shape index (κ2) is 7.24. The van der Waals surface area contributed by atoms with Crippen molar-refractivity contribution in [2.24, 2.45) is 0 Å². The molecule has 1 aromatic rings. The first-order valence-electron chi connectivity index (χ1n) is 6.57. The van der Waals surface area contributed by atoms with Crippen molar-refractivity contribution in [3.05, 3.63) is 28.7 Å². The van der Waals surface area contributed by atoms with Crippen molar-refractivity contribution in [1.29, 1.82) is 0 Å². The summed E-state index contributed by atoms with van der Waals surface area (Å²) < 4.78 is 11.9. The van der Waals surface area contributed by atoms with Crippen LogP contribution >= 0.6 is 15.9 Å². The Morgan fingerprint density at radius 3 is 2.63 bits per heavy atom. The van der Waals surface area contributed by atoms with Gasteiger partial charge in [0, 0.05) is 43.6 Å². The predicted octanol–water partition coefficient (Wildman–Crippen LogP) is 1.96. The molecule has 1 aromatic carbocycles. The van der Waals surface area contributed by atoms with Crippen molar-refractivity contribution in [1.82, 2.24) is 5.32 Å². The van der Waals surface area contributed by atoms with Gasteiger partial charge in [-0.1, -0.05) is 15.9 Å². The second-order valence-electron chi connectivity index (χ2n) is 4.82. The van der Waals surface area contributed by atoms with E-state index in [4.69, 9.17) is 9.47 Å². The molecule has 1 aliphatic heterocycles. The van der Waals surface area contributed by atoms with E-state index in [0.29, 0.717) is 39.2 Å². The number of rotatable bonds is 6. The zero-order chi connectivity index (χ0) is 13.6. The highest BCUT2D eigenvalue weighted by Gasteiger charge is 2.28. The average molecular weight is 330 g/mol. The van der Waals surface area contributed by atoms with Gasteiger partial charge in [-0.2, -0.15) is 0 Å². The number of halogens is 1. The Kier molecular flexibility index (Phi) is 5.63. The summed E-state index contributed by atoms with van der Waals surface area (Å²) in [6.07, 6.45) is 1.40. The Labute approximate surface area is 122 Å². The second-order valence-corrected chi connectivity index (χ2v) is 5.73. The van der Waals surface area contributed by atoms with E-state index in [9.17, 15) is 5.11 Å². The van der Waals surface area contributed by atoms with Crippen LogP contribution in [0.4, 0.5) is 0 Å². The van der Waals surface area contributed by atoms with E-state index in [1.165, 1.54) is 0 Å². The molecule has 0 spiro atoms. The lowest BCUT2D eigenvalue weighted by atomic mass is 9.94. The number of hydrogen-bond donors (Lipinski definition) is 2. The molecule has 0 aromatic heterocycles. The fourth-order valence-corrected chi connectivity index (χ4v) is 2.29. The van der Waals surface area contributed by atoms with Crippen LogP contribution in [0.3, 0.4) is 0 Å². The third-order valence-corrected chi connectivity index (χ3v) is 3.77. The SMILES string of the molecule is OC1(CNCCOc2ccc(Br)cc2)CCOCC1. The van der Waals surface area contributed by atoms with Gasteiger partial charge in [-0.25, -0.2) is 0 Å². The van der Waals surface area contributed by atoms with Crippen molar-refractivity contribution in [2.45, 2.75) is 18.4 Å². The molecule has 2 rings (SSSR count). The molecule has 0 aliphatic carbocycles. The molecule has 106 valence electrons. The lowest BCUT2D eigenvalue weighted by Crippen LogP contribution is -2.45. The van der Waals surface area contributed by atoms with Gasteiger partial charge in [-0.3, -0.25) is 0 Å². The number of hydrogen-bond acceptors (Lipinski definition) is 4. The third kappa shape index (κ3) is 5.10. The van der Waals surface area contributed by atoms with Crippen LogP contribution in [0.1, 0.15) is 12.8 Å². The quantitative estimate of drug-likeness (QED) is 0.783. The largest absolute Gasteiger partial charge is 0.492 e. The molecule has 1 saturated heterocycles. The van der Waals surface area contributed by atoms with Crippen LogP contribution in [0.2, 0.25) is 0 Å². The van der Waals surface area contributed by atoms with Gasteiger partial charge in [0.2, 0.25) is 0 Å². The topological polar surface area (TPSA) is 50.7 Å². The molecule has 0 radical (unpaired) electrons. The molecule has 0 bridgehead atoms. The summed E-state index contributed by atoms with van der Waals surface area (Å²) in [4.78, 5) is 0. The zero-order valence-corrected chi connectivity index (χ0v) is 12.5. The van der Waals surface area contributed by atoms with E-state index in [1.54, 1.807) is 0 Å². The Morgan fingerprint density at radius 2 is 1.95 bits per heavy atom. The summed E-state index contributed by atoms with van der Waals surface area (Å²) in [5, 5.41) is 13.5. The lowest BCUT2D eigenvalue weighted by Gasteiger charge is -2.32. The Morgan fingerprint density at radius 1 is 1.26 bits per heavy atom. The van der Waals surface area contributed by atoms with E-state index < -0.39 is 5.60 Å². The maximum Gasteiger partial charge on any atom is 0.119 e. The molecule has 1 aliphatic rings. The summed E-state index contributed by atoms with van der Waals surface area (Å²) in [6, 6.07) is 7.76. The van der Waals surface area contributed by atoms with Crippen LogP contribution in [-0.2, 0) is 4.74 Å². The molecule has 19 heavy (non-hydrogen) atoms. The summed E-state index contributed by atoms with van der Waals surface area (Å²) >= 11 is 3.38. The van der Waals surface area contributed by atoms with Crippen molar-refractivity contribution < 1.29 is 14.6 Å². The number of benzene rings is 1. The summed E-state index contributed by atoms with van der Waals surface area (Å²) in [7, 11) is 0. The summed E-state index contributed by atoms with van der Waals surface area (Å²) in [5.41, 5.74) is -0.615. The minimum atomic E-state index is -0.615. The van der Waals surface area contributed by atoms with Gasteiger partial charge in [-0.15, -0.1) is 0 Å². The van der Waals surface area contributed by atoms with Crippen LogP contribution in [0.5, 0.6) is 5.75 Å². The highest BCUT2D eigenvalue weighted by Crippen LogP contribution is 2.19. The van der Waals surface area contributed by atoms with Crippen LogP contribution in [-0.4, -0.2) is 43.6 Å². The Hall–Kier alpha value is -0.620. The van der Waals surface area contributed by atoms with Crippen molar-refractivity contribution in [3.63, 3.8) is 0 Å². The van der Waals surface area contributed by atoms with Crippen LogP contribution in [0, 0.1) is 0 Å². The van der Waals surface area contributed by atoms with Gasteiger partial charge in [0.1, 0.15) is 12.4 Å². The zero-order valence-electron chi connectivity index (χ0n) is 10.9. The molecule has 4 nitrogen and oxygen atoms in total. The smallest absolute Gasteiger partial charge is 0.119 e. The predicted molar refractivity (Wildman–Crippen MR) is 77.5 cm³/mol. The maximum absolute atomic E-state index is 10.2. The molecule has 0 atom stereocenters. The highest BCUT2D eigenvalue weighted by molar-refractivity contribution is 9.10. The van der Waals surface area contributed by atoms with E-state index in [0.717, 1.165) is 16.8 Å². The minimum Gasteiger partial charge on any atom is -0.492 e. The minimum absolute atomic E-state index is 0.591. The molecular formula is C14H20BrNO3. The van der Waals surface area contributed by atoms with Crippen LogP contribution < -0.4 is 10.1 Å². The number of ether oxygens (including phenoxy) is 2. The van der Waals surface area contributed by atoms with Gasteiger partial charge in [0.05, 0.1) is 5.60 Å². The van der Waals surface area contributed by atoms with Crippen molar-refractivity contribution in [3.8, 4) is 5.75 Å². The number of aliphatic hydroxyl groups is 1. The highest BCUT2D eigenvalue weighted by atomic mass is 79.9. The normalized spacial score (nSPS) is 18.2. The van der Waals surface area contributed by atoms with E-state index in [-0.39, 0.29) is 0 Å². The van der Waals surface area contributed by atoms with Gasteiger partial charge >= 0.3 is 0 Å². The molecular weight excluding hydrogens is 310 g/mol. The molecule has 0 unspecified atom stereocenters. The van der Waals surface area contributed by atoms with Gasteiger partial charge < -0.3 is 19.9 Å². The average Bonchev–Trinajstić information content (AvgIpc) is 2.41. The van der Waals surface area contributed by atoms with Crippen molar-refractivity contribution >= 4 is 15.9 Å². The molecule has 0 amide bonds. The molecule has 2 N–H and O–H groups in total. The fourth-order valence-electron chi connectivity index (χ4n) is 2.02. The van der Waals surface area contributed by atoms with Gasteiger partial charge in [-0.05, 0) is 24.3 Å². The first-order valence-corrected chi connectivity index (χ1v) is 7.36. The third-order valence-electron chi connectivity index (χ3n) is 3.24. The van der Waals surface area contributed by atoms with Crippen LogP contribution in [0.25, 0.3) is 0 Å². The van der Waals surface area contributed by atoms with Gasteiger partial charge in [0.25, 0.3) is 0 Å². The van der Waals surface area contributed by atoms with Crippen molar-refractivity contribution in [2.75, 3.05) is 32.9 Å². The monoisotopic (exact) mass is 329 g/mol. The maximum atomic E-state index is 10.2. The first kappa shape index (κ1) is 14.8. The molecule has 1 heterocycles. The van der Waals surface area contributed by atoms with Gasteiger partial charge in [0.15, 0.2) is 0 Å². The standard InChI is InChI=1S/C14H20BrNO3/c15-12-1-3-13(4-2-12)19-10-7-16-11-14(17)5-8-18-9-6-14/h1-4,16-17H,5-11H2. The van der Waals surface area contributed by atoms with Crippen LogP contribution in [0.15, 0.2) is 28.7 Å². The Bertz CT molecular complexity index is 377. The summed E-state index contributed by atoms with van der Waals surface area (Å²) in [5.74, 6) is 0.856.